The molecule has 1 saturated heterocycles. The standard InChI is InChI=1S/C11H18N2O2/c1-4-6-13-8-9(7-10(13)14)11(15)12(3)5-2/h4,9H,1,5-8H2,2-3H3. The van der Waals surface area contributed by atoms with Crippen LogP contribution in [0.15, 0.2) is 12.7 Å². The van der Waals surface area contributed by atoms with Crippen LogP contribution in [-0.2, 0) is 9.59 Å². The minimum atomic E-state index is -0.164. The van der Waals surface area contributed by atoms with Crippen LogP contribution in [0.2, 0.25) is 0 Å². The molecule has 0 aliphatic carbocycles. The van der Waals surface area contributed by atoms with E-state index in [1.165, 1.54) is 0 Å². The van der Waals surface area contributed by atoms with Gasteiger partial charge >= 0.3 is 0 Å². The van der Waals surface area contributed by atoms with Gasteiger partial charge in [-0.25, -0.2) is 0 Å². The Hall–Kier alpha value is -1.32. The van der Waals surface area contributed by atoms with Crippen LogP contribution in [0, 0.1) is 5.92 Å². The summed E-state index contributed by atoms with van der Waals surface area (Å²) in [5, 5.41) is 0. The second-order valence-electron chi connectivity index (χ2n) is 3.84. The highest BCUT2D eigenvalue weighted by atomic mass is 16.2. The summed E-state index contributed by atoms with van der Waals surface area (Å²) in [6, 6.07) is 0. The Labute approximate surface area is 90.5 Å². The molecule has 1 aliphatic rings. The van der Waals surface area contributed by atoms with Crippen LogP contribution in [0.3, 0.4) is 0 Å². The molecule has 1 rings (SSSR count). The summed E-state index contributed by atoms with van der Waals surface area (Å²) in [6.07, 6.45) is 2.03. The molecule has 0 aromatic heterocycles. The molecule has 1 heterocycles. The zero-order valence-electron chi connectivity index (χ0n) is 9.40. The van der Waals surface area contributed by atoms with Crippen LogP contribution < -0.4 is 0 Å². The molecule has 1 unspecified atom stereocenters. The number of carbonyl (C=O) groups is 2. The fraction of sp³-hybridized carbons (Fsp3) is 0.636. The van der Waals surface area contributed by atoms with Gasteiger partial charge in [-0.05, 0) is 6.92 Å². The zero-order chi connectivity index (χ0) is 11.4. The van der Waals surface area contributed by atoms with Crippen molar-refractivity contribution in [2.45, 2.75) is 13.3 Å². The molecule has 2 amide bonds. The predicted molar refractivity (Wildman–Crippen MR) is 58.2 cm³/mol. The normalized spacial score (nSPS) is 20.5. The van der Waals surface area contributed by atoms with Crippen LogP contribution in [0.4, 0.5) is 0 Å². The maximum atomic E-state index is 11.8. The van der Waals surface area contributed by atoms with Gasteiger partial charge in [0.2, 0.25) is 11.8 Å². The van der Waals surface area contributed by atoms with E-state index in [1.54, 1.807) is 22.9 Å². The Kier molecular flexibility index (Phi) is 3.88. The van der Waals surface area contributed by atoms with E-state index in [-0.39, 0.29) is 17.7 Å². The predicted octanol–water partition coefficient (Wildman–Crippen LogP) is 0.499. The largest absolute Gasteiger partial charge is 0.346 e. The van der Waals surface area contributed by atoms with E-state index in [0.29, 0.717) is 26.1 Å². The first kappa shape index (κ1) is 11.8. The van der Waals surface area contributed by atoms with Crippen molar-refractivity contribution in [3.05, 3.63) is 12.7 Å². The van der Waals surface area contributed by atoms with Crippen LogP contribution in [0.1, 0.15) is 13.3 Å². The van der Waals surface area contributed by atoms with Gasteiger partial charge in [0.1, 0.15) is 0 Å². The van der Waals surface area contributed by atoms with Crippen molar-refractivity contribution in [2.24, 2.45) is 5.92 Å². The van der Waals surface area contributed by atoms with Crippen molar-refractivity contribution in [1.82, 2.24) is 9.80 Å². The molecular formula is C11H18N2O2. The third-order valence-corrected chi connectivity index (χ3v) is 2.76. The number of rotatable bonds is 4. The molecular weight excluding hydrogens is 192 g/mol. The van der Waals surface area contributed by atoms with Crippen LogP contribution in [0.25, 0.3) is 0 Å². The molecule has 0 spiro atoms. The quantitative estimate of drug-likeness (QED) is 0.634. The highest BCUT2D eigenvalue weighted by Gasteiger charge is 2.34. The summed E-state index contributed by atoms with van der Waals surface area (Å²) in [5.41, 5.74) is 0. The Morgan fingerprint density at radius 3 is 2.93 bits per heavy atom. The van der Waals surface area contributed by atoms with E-state index in [1.807, 2.05) is 6.92 Å². The number of carbonyl (C=O) groups excluding carboxylic acids is 2. The van der Waals surface area contributed by atoms with E-state index < -0.39 is 0 Å². The molecule has 15 heavy (non-hydrogen) atoms. The molecule has 0 saturated carbocycles. The summed E-state index contributed by atoms with van der Waals surface area (Å²) in [5.74, 6) is -0.0439. The van der Waals surface area contributed by atoms with Gasteiger partial charge in [-0.3, -0.25) is 9.59 Å². The van der Waals surface area contributed by atoms with Gasteiger partial charge in [-0.2, -0.15) is 0 Å². The monoisotopic (exact) mass is 210 g/mol. The maximum absolute atomic E-state index is 11.8. The summed E-state index contributed by atoms with van der Waals surface area (Å²) in [6.45, 7) is 7.28. The van der Waals surface area contributed by atoms with Crippen LogP contribution >= 0.6 is 0 Å². The Balaban J connectivity index is 2.57. The van der Waals surface area contributed by atoms with Crippen molar-refractivity contribution in [1.29, 1.82) is 0 Å². The summed E-state index contributed by atoms with van der Waals surface area (Å²) >= 11 is 0. The van der Waals surface area contributed by atoms with E-state index >= 15 is 0 Å². The SMILES string of the molecule is C=CCN1CC(C(=O)N(C)CC)CC1=O. The fourth-order valence-corrected chi connectivity index (χ4v) is 1.74. The van der Waals surface area contributed by atoms with Gasteiger partial charge < -0.3 is 9.80 Å². The fourth-order valence-electron chi connectivity index (χ4n) is 1.74. The molecule has 0 N–H and O–H groups in total. The van der Waals surface area contributed by atoms with Crippen molar-refractivity contribution in [3.63, 3.8) is 0 Å². The van der Waals surface area contributed by atoms with Gasteiger partial charge in [-0.15, -0.1) is 6.58 Å². The summed E-state index contributed by atoms with van der Waals surface area (Å²) in [7, 11) is 1.77. The smallest absolute Gasteiger partial charge is 0.227 e. The average molecular weight is 210 g/mol. The Bertz CT molecular complexity index is 276. The maximum Gasteiger partial charge on any atom is 0.227 e. The molecule has 0 radical (unpaired) electrons. The summed E-state index contributed by atoms with van der Waals surface area (Å²) in [4.78, 5) is 26.6. The van der Waals surface area contributed by atoms with Crippen molar-refractivity contribution in [2.75, 3.05) is 26.7 Å². The minimum absolute atomic E-state index is 0.0535. The lowest BCUT2D eigenvalue weighted by atomic mass is 10.1. The average Bonchev–Trinajstić information content (AvgIpc) is 2.59. The first-order valence-electron chi connectivity index (χ1n) is 5.23. The first-order chi connectivity index (χ1) is 7.10. The van der Waals surface area contributed by atoms with Crippen LogP contribution in [-0.4, -0.2) is 48.3 Å². The van der Waals surface area contributed by atoms with Gasteiger partial charge in [0.25, 0.3) is 0 Å². The molecule has 4 heteroatoms. The van der Waals surface area contributed by atoms with Crippen molar-refractivity contribution >= 4 is 11.8 Å². The lowest BCUT2D eigenvalue weighted by Crippen LogP contribution is -2.34. The van der Waals surface area contributed by atoms with Gasteiger partial charge in [-0.1, -0.05) is 6.08 Å². The molecule has 4 nitrogen and oxygen atoms in total. The first-order valence-corrected chi connectivity index (χ1v) is 5.23. The van der Waals surface area contributed by atoms with E-state index in [2.05, 4.69) is 6.58 Å². The molecule has 1 atom stereocenters. The molecule has 1 fully saturated rings. The Morgan fingerprint density at radius 2 is 2.40 bits per heavy atom. The highest BCUT2D eigenvalue weighted by Crippen LogP contribution is 2.19. The van der Waals surface area contributed by atoms with Gasteiger partial charge in [0, 0.05) is 33.1 Å². The molecule has 84 valence electrons. The highest BCUT2D eigenvalue weighted by molar-refractivity contribution is 5.89. The van der Waals surface area contributed by atoms with Crippen molar-refractivity contribution in [3.8, 4) is 0 Å². The number of likely N-dealkylation sites (tertiary alicyclic amines) is 1. The number of hydrogen-bond acceptors (Lipinski definition) is 2. The second-order valence-corrected chi connectivity index (χ2v) is 3.84. The van der Waals surface area contributed by atoms with E-state index in [0.717, 1.165) is 0 Å². The molecule has 0 aromatic carbocycles. The van der Waals surface area contributed by atoms with Crippen molar-refractivity contribution < 1.29 is 9.59 Å². The number of amides is 2. The van der Waals surface area contributed by atoms with Gasteiger partial charge in [0.15, 0.2) is 0 Å². The molecule has 0 bridgehead atoms. The molecule has 1 aliphatic heterocycles. The Morgan fingerprint density at radius 1 is 1.73 bits per heavy atom. The zero-order valence-corrected chi connectivity index (χ0v) is 9.40. The molecule has 0 aromatic rings. The van der Waals surface area contributed by atoms with E-state index in [9.17, 15) is 9.59 Å². The number of nitrogens with zero attached hydrogens (tertiary/aromatic N) is 2. The lowest BCUT2D eigenvalue weighted by molar-refractivity contribution is -0.134. The topological polar surface area (TPSA) is 40.6 Å². The third kappa shape index (κ3) is 2.58. The van der Waals surface area contributed by atoms with Crippen LogP contribution in [0.5, 0.6) is 0 Å². The minimum Gasteiger partial charge on any atom is -0.346 e. The summed E-state index contributed by atoms with van der Waals surface area (Å²) < 4.78 is 0. The van der Waals surface area contributed by atoms with Gasteiger partial charge in [0.05, 0.1) is 5.92 Å². The second kappa shape index (κ2) is 4.96. The number of hydrogen-bond donors (Lipinski definition) is 0. The van der Waals surface area contributed by atoms with E-state index in [4.69, 9.17) is 0 Å². The third-order valence-electron chi connectivity index (χ3n) is 2.76. The lowest BCUT2D eigenvalue weighted by Gasteiger charge is -2.19.